The van der Waals surface area contributed by atoms with Crippen molar-refractivity contribution >= 4 is 11.7 Å². The Hall–Kier alpha value is -2.36. The zero-order chi connectivity index (χ0) is 13.5. The smallest absolute Gasteiger partial charge is 0.251 e. The highest BCUT2D eigenvalue weighted by atomic mass is 16.1. The molecular formula is C15H17N3O. The van der Waals surface area contributed by atoms with Crippen LogP contribution in [0.25, 0.3) is 0 Å². The summed E-state index contributed by atoms with van der Waals surface area (Å²) in [7, 11) is 0. The molecule has 0 spiro atoms. The number of carbonyl (C=O) groups excluding carboxylic acids is 1. The molecule has 0 aliphatic heterocycles. The van der Waals surface area contributed by atoms with Gasteiger partial charge in [-0.05, 0) is 31.2 Å². The summed E-state index contributed by atoms with van der Waals surface area (Å²) in [6, 6.07) is 15.0. The van der Waals surface area contributed by atoms with Gasteiger partial charge in [0.15, 0.2) is 0 Å². The number of nitrogens with one attached hydrogen (secondary N) is 2. The fraction of sp³-hybridized carbons (Fsp3) is 0.200. The van der Waals surface area contributed by atoms with E-state index >= 15 is 0 Å². The second kappa shape index (κ2) is 6.54. The van der Waals surface area contributed by atoms with Crippen molar-refractivity contribution in [3.8, 4) is 0 Å². The van der Waals surface area contributed by atoms with Crippen molar-refractivity contribution < 1.29 is 4.79 Å². The van der Waals surface area contributed by atoms with Gasteiger partial charge in [-0.1, -0.05) is 24.3 Å². The van der Waals surface area contributed by atoms with Gasteiger partial charge in [-0.3, -0.25) is 4.79 Å². The fourth-order valence-corrected chi connectivity index (χ4v) is 1.70. The van der Waals surface area contributed by atoms with Crippen LogP contribution in [0.15, 0.2) is 48.5 Å². The molecule has 98 valence electrons. The third-order valence-electron chi connectivity index (χ3n) is 2.64. The molecule has 0 aliphatic rings. The number of pyridine rings is 1. The number of amides is 1. The van der Waals surface area contributed by atoms with E-state index in [-0.39, 0.29) is 5.91 Å². The van der Waals surface area contributed by atoms with Crippen molar-refractivity contribution in [3.05, 3.63) is 59.8 Å². The third kappa shape index (κ3) is 4.10. The van der Waals surface area contributed by atoms with Crippen molar-refractivity contribution in [2.45, 2.75) is 6.92 Å². The van der Waals surface area contributed by atoms with Gasteiger partial charge in [-0.25, -0.2) is 4.98 Å². The van der Waals surface area contributed by atoms with Gasteiger partial charge < -0.3 is 10.6 Å². The Labute approximate surface area is 112 Å². The van der Waals surface area contributed by atoms with E-state index in [2.05, 4.69) is 15.6 Å². The number of hydrogen-bond acceptors (Lipinski definition) is 3. The van der Waals surface area contributed by atoms with Gasteiger partial charge >= 0.3 is 0 Å². The quantitative estimate of drug-likeness (QED) is 0.806. The normalized spacial score (nSPS) is 9.95. The lowest BCUT2D eigenvalue weighted by Crippen LogP contribution is -2.28. The number of rotatable bonds is 5. The molecule has 0 atom stereocenters. The van der Waals surface area contributed by atoms with Gasteiger partial charge in [0.25, 0.3) is 5.91 Å². The van der Waals surface area contributed by atoms with Crippen molar-refractivity contribution in [2.75, 3.05) is 18.4 Å². The minimum atomic E-state index is -0.0559. The molecule has 4 heteroatoms. The number of aromatic nitrogens is 1. The largest absolute Gasteiger partial charge is 0.368 e. The summed E-state index contributed by atoms with van der Waals surface area (Å²) in [6.07, 6.45) is 0. The number of carbonyl (C=O) groups is 1. The summed E-state index contributed by atoms with van der Waals surface area (Å²) >= 11 is 0. The molecule has 0 bridgehead atoms. The molecule has 2 rings (SSSR count). The first kappa shape index (κ1) is 13.1. The Morgan fingerprint density at radius 2 is 1.84 bits per heavy atom. The molecule has 2 N–H and O–H groups in total. The fourth-order valence-electron chi connectivity index (χ4n) is 1.70. The van der Waals surface area contributed by atoms with Crippen LogP contribution in [0, 0.1) is 6.92 Å². The first-order valence-electron chi connectivity index (χ1n) is 6.26. The average Bonchev–Trinajstić information content (AvgIpc) is 2.44. The Balaban J connectivity index is 1.74. The Bertz CT molecular complexity index is 540. The molecule has 0 unspecified atom stereocenters. The summed E-state index contributed by atoms with van der Waals surface area (Å²) in [5.41, 5.74) is 1.65. The van der Waals surface area contributed by atoms with Crippen LogP contribution in [0.4, 0.5) is 5.82 Å². The SMILES string of the molecule is Cc1cccc(NCCNC(=O)c2ccccc2)n1. The maximum Gasteiger partial charge on any atom is 0.251 e. The van der Waals surface area contributed by atoms with Crippen molar-refractivity contribution in [1.82, 2.24) is 10.3 Å². The second-order valence-corrected chi connectivity index (χ2v) is 4.21. The lowest BCUT2D eigenvalue weighted by Gasteiger charge is -2.07. The summed E-state index contributed by atoms with van der Waals surface area (Å²) in [6.45, 7) is 3.15. The monoisotopic (exact) mass is 255 g/mol. The highest BCUT2D eigenvalue weighted by Gasteiger charge is 2.02. The summed E-state index contributed by atoms with van der Waals surface area (Å²) in [5, 5.41) is 6.02. The topological polar surface area (TPSA) is 54.0 Å². The highest BCUT2D eigenvalue weighted by Crippen LogP contribution is 2.02. The zero-order valence-electron chi connectivity index (χ0n) is 10.9. The van der Waals surface area contributed by atoms with Crippen LogP contribution in [-0.2, 0) is 0 Å². The number of anilines is 1. The van der Waals surface area contributed by atoms with E-state index in [1.165, 1.54) is 0 Å². The number of aryl methyl sites for hydroxylation is 1. The zero-order valence-corrected chi connectivity index (χ0v) is 10.9. The lowest BCUT2D eigenvalue weighted by molar-refractivity contribution is 0.0955. The predicted molar refractivity (Wildman–Crippen MR) is 76.2 cm³/mol. The van der Waals surface area contributed by atoms with Crippen molar-refractivity contribution in [2.24, 2.45) is 0 Å². The maximum atomic E-state index is 11.8. The molecule has 1 heterocycles. The average molecular weight is 255 g/mol. The lowest BCUT2D eigenvalue weighted by atomic mass is 10.2. The molecule has 0 fully saturated rings. The summed E-state index contributed by atoms with van der Waals surface area (Å²) in [4.78, 5) is 16.1. The third-order valence-corrected chi connectivity index (χ3v) is 2.64. The molecule has 1 aromatic carbocycles. The van der Waals surface area contributed by atoms with Crippen molar-refractivity contribution in [3.63, 3.8) is 0 Å². The molecule has 4 nitrogen and oxygen atoms in total. The van der Waals surface area contributed by atoms with Gasteiger partial charge in [-0.15, -0.1) is 0 Å². The second-order valence-electron chi connectivity index (χ2n) is 4.21. The van der Waals surface area contributed by atoms with E-state index in [1.54, 1.807) is 12.1 Å². The molecule has 2 aromatic rings. The first-order chi connectivity index (χ1) is 9.25. The van der Waals surface area contributed by atoms with Crippen LogP contribution in [0.5, 0.6) is 0 Å². The summed E-state index contributed by atoms with van der Waals surface area (Å²) < 4.78 is 0. The molecular weight excluding hydrogens is 238 g/mol. The van der Waals surface area contributed by atoms with E-state index < -0.39 is 0 Å². The standard InChI is InChI=1S/C15H17N3O/c1-12-6-5-9-14(18-12)16-10-11-17-15(19)13-7-3-2-4-8-13/h2-9H,10-11H2,1H3,(H,16,18)(H,17,19). The molecule has 0 saturated carbocycles. The number of nitrogens with zero attached hydrogens (tertiary/aromatic N) is 1. The van der Waals surface area contributed by atoms with E-state index in [4.69, 9.17) is 0 Å². The van der Waals surface area contributed by atoms with Crippen LogP contribution in [0.3, 0.4) is 0 Å². The highest BCUT2D eigenvalue weighted by molar-refractivity contribution is 5.94. The molecule has 0 aliphatic carbocycles. The molecule has 19 heavy (non-hydrogen) atoms. The Morgan fingerprint density at radius 1 is 1.05 bits per heavy atom. The Kier molecular flexibility index (Phi) is 4.50. The Morgan fingerprint density at radius 3 is 2.58 bits per heavy atom. The van der Waals surface area contributed by atoms with E-state index in [9.17, 15) is 4.79 Å². The van der Waals surface area contributed by atoms with Crippen LogP contribution in [0.1, 0.15) is 16.1 Å². The van der Waals surface area contributed by atoms with Gasteiger partial charge in [-0.2, -0.15) is 0 Å². The predicted octanol–water partition coefficient (Wildman–Crippen LogP) is 2.23. The molecule has 0 radical (unpaired) electrons. The van der Waals surface area contributed by atoms with Gasteiger partial charge in [0.05, 0.1) is 0 Å². The maximum absolute atomic E-state index is 11.8. The molecule has 1 aromatic heterocycles. The number of hydrogen-bond donors (Lipinski definition) is 2. The van der Waals surface area contributed by atoms with Crippen LogP contribution >= 0.6 is 0 Å². The van der Waals surface area contributed by atoms with E-state index in [0.717, 1.165) is 11.5 Å². The number of benzene rings is 1. The van der Waals surface area contributed by atoms with Crippen LogP contribution < -0.4 is 10.6 Å². The molecule has 0 saturated heterocycles. The van der Waals surface area contributed by atoms with E-state index in [0.29, 0.717) is 18.7 Å². The minimum Gasteiger partial charge on any atom is -0.368 e. The molecule has 1 amide bonds. The van der Waals surface area contributed by atoms with Gasteiger partial charge in [0.2, 0.25) is 0 Å². The van der Waals surface area contributed by atoms with Crippen LogP contribution in [0.2, 0.25) is 0 Å². The minimum absolute atomic E-state index is 0.0559. The van der Waals surface area contributed by atoms with Crippen molar-refractivity contribution in [1.29, 1.82) is 0 Å². The first-order valence-corrected chi connectivity index (χ1v) is 6.26. The van der Waals surface area contributed by atoms with E-state index in [1.807, 2.05) is 43.3 Å². The van der Waals surface area contributed by atoms with Crippen LogP contribution in [-0.4, -0.2) is 24.0 Å². The van der Waals surface area contributed by atoms with Gasteiger partial charge in [0.1, 0.15) is 5.82 Å². The van der Waals surface area contributed by atoms with Gasteiger partial charge in [0, 0.05) is 24.3 Å². The summed E-state index contributed by atoms with van der Waals surface area (Å²) in [5.74, 6) is 0.772.